The van der Waals surface area contributed by atoms with Gasteiger partial charge < -0.3 is 15.8 Å². The van der Waals surface area contributed by atoms with Gasteiger partial charge in [-0.15, -0.1) is 0 Å². The number of ether oxygens (including phenoxy) is 1. The molecule has 0 radical (unpaired) electrons. The van der Waals surface area contributed by atoms with Crippen molar-refractivity contribution in [3.8, 4) is 5.75 Å². The Bertz CT molecular complexity index is 302. The van der Waals surface area contributed by atoms with Gasteiger partial charge >= 0.3 is 0 Å². The lowest BCUT2D eigenvalue weighted by molar-refractivity contribution is -0.670. The Kier molecular flexibility index (Phi) is 7.43. The first-order chi connectivity index (χ1) is 8.36. The molecule has 0 bridgehead atoms. The van der Waals surface area contributed by atoms with Crippen molar-refractivity contribution >= 4 is 0 Å². The van der Waals surface area contributed by atoms with Crippen LogP contribution in [0, 0.1) is 0 Å². The van der Waals surface area contributed by atoms with Crippen LogP contribution in [0.3, 0.4) is 0 Å². The number of nitrogens with two attached hydrogens (primary N) is 1. The first kappa shape index (κ1) is 14.0. The first-order valence-electron chi connectivity index (χ1n) is 6.69. The number of benzene rings is 1. The van der Waals surface area contributed by atoms with Crippen LogP contribution in [0.2, 0.25) is 0 Å². The molecule has 1 aromatic rings. The van der Waals surface area contributed by atoms with Gasteiger partial charge in [0.05, 0.1) is 13.2 Å². The van der Waals surface area contributed by atoms with Crippen molar-refractivity contribution < 1.29 is 15.8 Å². The van der Waals surface area contributed by atoms with Crippen LogP contribution in [0.15, 0.2) is 24.3 Å². The molecule has 0 spiro atoms. The molecule has 0 heterocycles. The molecule has 3 nitrogen and oxygen atoms in total. The quantitative estimate of drug-likeness (QED) is 0.594. The molecule has 0 amide bonds. The standard InChI is InChI=1S/C14H24N2O/c1-2-13-6-5-7-14(12-13)17-11-4-3-9-16-10-8-15/h5-7,12,16H,2-4,8-11,15H2,1H3/p+2. The summed E-state index contributed by atoms with van der Waals surface area (Å²) in [5.41, 5.74) is 5.16. The highest BCUT2D eigenvalue weighted by Gasteiger charge is 1.96. The molecule has 1 rings (SSSR count). The summed E-state index contributed by atoms with van der Waals surface area (Å²) >= 11 is 0. The molecule has 0 aliphatic carbocycles. The zero-order chi connectivity index (χ0) is 12.3. The Balaban J connectivity index is 2.09. The van der Waals surface area contributed by atoms with Crippen LogP contribution < -0.4 is 15.8 Å². The van der Waals surface area contributed by atoms with Gasteiger partial charge in [0.15, 0.2) is 0 Å². The molecule has 0 unspecified atom stereocenters. The maximum atomic E-state index is 5.73. The smallest absolute Gasteiger partial charge is 0.125 e. The van der Waals surface area contributed by atoms with Crippen LogP contribution in [0.5, 0.6) is 5.75 Å². The SMILES string of the molecule is CCc1cccc(OCCCC[NH2+]CC[NH3+])c1. The average Bonchev–Trinajstić information content (AvgIpc) is 2.38. The lowest BCUT2D eigenvalue weighted by Crippen LogP contribution is -2.88. The van der Waals surface area contributed by atoms with E-state index in [0.29, 0.717) is 0 Å². The molecule has 0 atom stereocenters. The Morgan fingerprint density at radius 1 is 1.24 bits per heavy atom. The van der Waals surface area contributed by atoms with Crippen LogP contribution in [0.4, 0.5) is 0 Å². The Morgan fingerprint density at radius 2 is 2.12 bits per heavy atom. The van der Waals surface area contributed by atoms with Crippen LogP contribution >= 0.6 is 0 Å². The number of hydrogen-bond acceptors (Lipinski definition) is 1. The van der Waals surface area contributed by atoms with E-state index in [9.17, 15) is 0 Å². The molecule has 0 aromatic heterocycles. The Hall–Kier alpha value is -1.06. The van der Waals surface area contributed by atoms with Crippen molar-refractivity contribution in [3.63, 3.8) is 0 Å². The summed E-state index contributed by atoms with van der Waals surface area (Å²) in [5, 5.41) is 2.32. The average molecular weight is 238 g/mol. The molecule has 0 saturated carbocycles. The fraction of sp³-hybridized carbons (Fsp3) is 0.571. The van der Waals surface area contributed by atoms with E-state index in [2.05, 4.69) is 36.2 Å². The second-order valence-electron chi connectivity index (χ2n) is 4.28. The maximum absolute atomic E-state index is 5.73. The highest BCUT2D eigenvalue weighted by molar-refractivity contribution is 5.28. The van der Waals surface area contributed by atoms with Crippen molar-refractivity contribution in [1.29, 1.82) is 0 Å². The zero-order valence-corrected chi connectivity index (χ0v) is 11.0. The van der Waals surface area contributed by atoms with Gasteiger partial charge in [0, 0.05) is 0 Å². The van der Waals surface area contributed by atoms with E-state index >= 15 is 0 Å². The predicted molar refractivity (Wildman–Crippen MR) is 70.0 cm³/mol. The van der Waals surface area contributed by atoms with Crippen LogP contribution in [-0.4, -0.2) is 26.2 Å². The summed E-state index contributed by atoms with van der Waals surface area (Å²) in [6.07, 6.45) is 3.41. The number of unbranched alkanes of at least 4 members (excludes halogenated alkanes) is 1. The third kappa shape index (κ3) is 6.29. The molecule has 96 valence electrons. The van der Waals surface area contributed by atoms with Gasteiger partial charge in [0.25, 0.3) is 0 Å². The van der Waals surface area contributed by atoms with Gasteiger partial charge in [-0.25, -0.2) is 0 Å². The summed E-state index contributed by atoms with van der Waals surface area (Å²) in [6, 6.07) is 8.37. The number of hydrogen-bond donors (Lipinski definition) is 2. The summed E-state index contributed by atoms with van der Waals surface area (Å²) in [7, 11) is 0. The molecule has 0 aliphatic rings. The first-order valence-corrected chi connectivity index (χ1v) is 6.69. The third-order valence-electron chi connectivity index (χ3n) is 2.79. The van der Waals surface area contributed by atoms with Gasteiger partial charge in [0.1, 0.15) is 18.8 Å². The van der Waals surface area contributed by atoms with E-state index in [1.54, 1.807) is 0 Å². The van der Waals surface area contributed by atoms with Crippen molar-refractivity contribution in [3.05, 3.63) is 29.8 Å². The van der Waals surface area contributed by atoms with Gasteiger partial charge in [-0.3, -0.25) is 0 Å². The summed E-state index contributed by atoms with van der Waals surface area (Å²) in [5.74, 6) is 1.01. The van der Waals surface area contributed by atoms with Gasteiger partial charge in [-0.05, 0) is 37.0 Å². The summed E-state index contributed by atoms with van der Waals surface area (Å²) < 4.78 is 5.73. The number of aryl methyl sites for hydroxylation is 1. The van der Waals surface area contributed by atoms with Crippen molar-refractivity contribution in [1.82, 2.24) is 0 Å². The third-order valence-corrected chi connectivity index (χ3v) is 2.79. The minimum absolute atomic E-state index is 0.825. The fourth-order valence-corrected chi connectivity index (χ4v) is 1.72. The lowest BCUT2D eigenvalue weighted by Gasteiger charge is -2.07. The van der Waals surface area contributed by atoms with Crippen LogP contribution in [0.25, 0.3) is 0 Å². The van der Waals surface area contributed by atoms with Gasteiger partial charge in [-0.1, -0.05) is 19.1 Å². The van der Waals surface area contributed by atoms with E-state index in [1.165, 1.54) is 18.5 Å². The van der Waals surface area contributed by atoms with Crippen molar-refractivity contribution in [2.24, 2.45) is 0 Å². The van der Waals surface area contributed by atoms with E-state index < -0.39 is 0 Å². The largest absolute Gasteiger partial charge is 0.494 e. The molecular weight excluding hydrogens is 212 g/mol. The van der Waals surface area contributed by atoms with Gasteiger partial charge in [-0.2, -0.15) is 0 Å². The summed E-state index contributed by atoms with van der Waals surface area (Å²) in [4.78, 5) is 0. The molecule has 0 saturated heterocycles. The monoisotopic (exact) mass is 238 g/mol. The minimum Gasteiger partial charge on any atom is -0.494 e. The second kappa shape index (κ2) is 9.02. The number of quaternary nitrogens is 2. The van der Waals surface area contributed by atoms with E-state index in [1.807, 2.05) is 6.07 Å². The minimum atomic E-state index is 0.825. The Morgan fingerprint density at radius 3 is 2.88 bits per heavy atom. The number of rotatable bonds is 9. The second-order valence-corrected chi connectivity index (χ2v) is 4.28. The molecule has 17 heavy (non-hydrogen) atoms. The van der Waals surface area contributed by atoms with Crippen LogP contribution in [0.1, 0.15) is 25.3 Å². The maximum Gasteiger partial charge on any atom is 0.125 e. The summed E-state index contributed by atoms with van der Waals surface area (Å²) in [6.45, 7) is 6.33. The Labute approximate surface area is 104 Å². The zero-order valence-electron chi connectivity index (χ0n) is 11.0. The molecule has 0 fully saturated rings. The molecule has 3 heteroatoms. The van der Waals surface area contributed by atoms with Crippen molar-refractivity contribution in [2.45, 2.75) is 26.2 Å². The van der Waals surface area contributed by atoms with E-state index in [4.69, 9.17) is 4.74 Å². The van der Waals surface area contributed by atoms with E-state index in [0.717, 1.165) is 38.3 Å². The molecular formula is C14H26N2O+2. The highest BCUT2D eigenvalue weighted by atomic mass is 16.5. The lowest BCUT2D eigenvalue weighted by atomic mass is 10.2. The molecule has 5 N–H and O–H groups in total. The van der Waals surface area contributed by atoms with Crippen molar-refractivity contribution in [2.75, 3.05) is 26.2 Å². The fourth-order valence-electron chi connectivity index (χ4n) is 1.72. The van der Waals surface area contributed by atoms with E-state index in [-0.39, 0.29) is 0 Å². The van der Waals surface area contributed by atoms with Gasteiger partial charge in [0.2, 0.25) is 0 Å². The normalized spacial score (nSPS) is 10.5. The highest BCUT2D eigenvalue weighted by Crippen LogP contribution is 2.13. The molecule has 0 aliphatic heterocycles. The molecule has 1 aromatic carbocycles. The topological polar surface area (TPSA) is 53.5 Å². The predicted octanol–water partition coefficient (Wildman–Crippen LogP) is 0.213. The van der Waals surface area contributed by atoms with Crippen LogP contribution in [-0.2, 0) is 6.42 Å².